The number of carbonyl (C=O) groups excluding carboxylic acids is 2. The van der Waals surface area contributed by atoms with Gasteiger partial charge in [-0.15, -0.1) is 0 Å². The quantitative estimate of drug-likeness (QED) is 0.701. The molecule has 3 rings (SSSR count). The first kappa shape index (κ1) is 23.2. The van der Waals surface area contributed by atoms with Crippen LogP contribution in [0, 0.1) is 5.92 Å². The summed E-state index contributed by atoms with van der Waals surface area (Å²) >= 11 is 5.84. The summed E-state index contributed by atoms with van der Waals surface area (Å²) < 4.78 is 28.6. The lowest BCUT2D eigenvalue weighted by atomic mass is 9.97. The molecule has 0 unspecified atom stereocenters. The Balaban J connectivity index is 1.67. The van der Waals surface area contributed by atoms with Gasteiger partial charge in [0, 0.05) is 44.7 Å². The molecule has 2 aromatic rings. The SMILES string of the molecule is CCn1ncc(NC(=O)C2CCN(S(=O)(=O)c3ccc(Cl)cc3)CC2)c1C(=O)N(C)C. The maximum absolute atomic E-state index is 12.8. The van der Waals surface area contributed by atoms with E-state index in [1.54, 1.807) is 18.8 Å². The lowest BCUT2D eigenvalue weighted by Crippen LogP contribution is -2.41. The summed E-state index contributed by atoms with van der Waals surface area (Å²) in [5, 5.41) is 7.45. The molecule has 31 heavy (non-hydrogen) atoms. The van der Waals surface area contributed by atoms with E-state index in [4.69, 9.17) is 11.6 Å². The second-order valence-corrected chi connectivity index (χ2v) is 9.92. The van der Waals surface area contributed by atoms with Crippen molar-refractivity contribution >= 4 is 39.1 Å². The molecule has 2 amide bonds. The number of amides is 2. The van der Waals surface area contributed by atoms with Crippen molar-refractivity contribution < 1.29 is 18.0 Å². The van der Waals surface area contributed by atoms with Gasteiger partial charge in [0.1, 0.15) is 5.69 Å². The van der Waals surface area contributed by atoms with Crippen LogP contribution >= 0.6 is 11.6 Å². The third kappa shape index (κ3) is 4.91. The fourth-order valence-electron chi connectivity index (χ4n) is 3.50. The highest BCUT2D eigenvalue weighted by Gasteiger charge is 2.33. The highest BCUT2D eigenvalue weighted by molar-refractivity contribution is 7.89. The van der Waals surface area contributed by atoms with E-state index in [0.29, 0.717) is 35.8 Å². The predicted octanol–water partition coefficient (Wildman–Crippen LogP) is 2.30. The summed E-state index contributed by atoms with van der Waals surface area (Å²) in [5.74, 6) is -0.852. The van der Waals surface area contributed by atoms with E-state index in [0.717, 1.165) is 0 Å². The van der Waals surface area contributed by atoms with Gasteiger partial charge in [0.2, 0.25) is 15.9 Å². The molecule has 0 radical (unpaired) electrons. The highest BCUT2D eigenvalue weighted by Crippen LogP contribution is 2.26. The minimum Gasteiger partial charge on any atom is -0.343 e. The third-order valence-corrected chi connectivity index (χ3v) is 7.45. The molecular formula is C20H26ClN5O4S. The topological polar surface area (TPSA) is 105 Å². The number of aryl methyl sites for hydroxylation is 1. The van der Waals surface area contributed by atoms with Crippen LogP contribution in [0.5, 0.6) is 0 Å². The van der Waals surface area contributed by atoms with Crippen molar-refractivity contribution in [3.63, 3.8) is 0 Å². The van der Waals surface area contributed by atoms with Crippen molar-refractivity contribution in [1.82, 2.24) is 19.0 Å². The molecule has 11 heteroatoms. The first-order valence-electron chi connectivity index (χ1n) is 9.99. The van der Waals surface area contributed by atoms with Crippen molar-refractivity contribution in [2.24, 2.45) is 5.92 Å². The van der Waals surface area contributed by atoms with Gasteiger partial charge in [0.05, 0.1) is 16.8 Å². The van der Waals surface area contributed by atoms with Gasteiger partial charge in [0.15, 0.2) is 0 Å². The molecule has 0 saturated carbocycles. The average Bonchev–Trinajstić information content (AvgIpc) is 3.15. The van der Waals surface area contributed by atoms with Gasteiger partial charge in [-0.25, -0.2) is 8.42 Å². The van der Waals surface area contributed by atoms with Crippen LogP contribution in [0.25, 0.3) is 0 Å². The van der Waals surface area contributed by atoms with E-state index in [1.807, 2.05) is 6.92 Å². The summed E-state index contributed by atoms with van der Waals surface area (Å²) in [4.78, 5) is 26.9. The molecule has 0 bridgehead atoms. The van der Waals surface area contributed by atoms with E-state index in [-0.39, 0.29) is 35.7 Å². The van der Waals surface area contributed by atoms with Gasteiger partial charge < -0.3 is 10.2 Å². The number of carbonyl (C=O) groups is 2. The molecule has 9 nitrogen and oxygen atoms in total. The van der Waals surface area contributed by atoms with Gasteiger partial charge in [-0.2, -0.15) is 9.40 Å². The molecular weight excluding hydrogens is 442 g/mol. The molecule has 1 fully saturated rings. The number of hydrogen-bond acceptors (Lipinski definition) is 5. The Hall–Kier alpha value is -2.43. The van der Waals surface area contributed by atoms with Crippen LogP contribution in [-0.2, 0) is 21.4 Å². The number of nitrogens with zero attached hydrogens (tertiary/aromatic N) is 4. The number of anilines is 1. The lowest BCUT2D eigenvalue weighted by Gasteiger charge is -2.30. The Labute approximate surface area is 187 Å². The second kappa shape index (κ2) is 9.37. The molecule has 2 heterocycles. The van der Waals surface area contributed by atoms with Gasteiger partial charge in [-0.05, 0) is 44.0 Å². The molecule has 0 aliphatic carbocycles. The van der Waals surface area contributed by atoms with Crippen LogP contribution in [0.15, 0.2) is 35.4 Å². The van der Waals surface area contributed by atoms with Gasteiger partial charge >= 0.3 is 0 Å². The number of benzene rings is 1. The monoisotopic (exact) mass is 467 g/mol. The number of halogens is 1. The van der Waals surface area contributed by atoms with Crippen LogP contribution < -0.4 is 5.32 Å². The largest absolute Gasteiger partial charge is 0.343 e. The van der Waals surface area contributed by atoms with Gasteiger partial charge in [-0.1, -0.05) is 11.6 Å². The van der Waals surface area contributed by atoms with E-state index in [1.165, 1.54) is 39.7 Å². The standard InChI is InChI=1S/C20H26ClN5O4S/c1-4-26-18(20(28)24(2)3)17(13-22-26)23-19(27)14-9-11-25(12-10-14)31(29,30)16-7-5-15(21)6-8-16/h5-8,13-14H,4,9-12H2,1-3H3,(H,23,27). The number of nitrogens with one attached hydrogen (secondary N) is 1. The zero-order chi connectivity index (χ0) is 22.8. The molecule has 1 aliphatic heterocycles. The Bertz CT molecular complexity index is 1060. The van der Waals surface area contributed by atoms with E-state index < -0.39 is 10.0 Å². The van der Waals surface area contributed by atoms with Crippen molar-refractivity contribution in [3.8, 4) is 0 Å². The fourth-order valence-corrected chi connectivity index (χ4v) is 5.10. The van der Waals surface area contributed by atoms with Gasteiger partial charge in [-0.3, -0.25) is 14.3 Å². The molecule has 0 spiro atoms. The van der Waals surface area contributed by atoms with Crippen LogP contribution in [0.4, 0.5) is 5.69 Å². The Kier molecular flexibility index (Phi) is 7.03. The van der Waals surface area contributed by atoms with E-state index in [9.17, 15) is 18.0 Å². The van der Waals surface area contributed by atoms with E-state index in [2.05, 4.69) is 10.4 Å². The maximum atomic E-state index is 12.8. The summed E-state index contributed by atoms with van der Waals surface area (Å²) in [6, 6.07) is 6.03. The number of aromatic nitrogens is 2. The first-order valence-corrected chi connectivity index (χ1v) is 11.8. The number of piperidine rings is 1. The summed E-state index contributed by atoms with van der Waals surface area (Å²) in [6.07, 6.45) is 2.24. The van der Waals surface area contributed by atoms with Crippen LogP contribution in [0.1, 0.15) is 30.3 Å². The molecule has 1 aromatic heterocycles. The zero-order valence-corrected chi connectivity index (χ0v) is 19.3. The number of hydrogen-bond donors (Lipinski definition) is 1. The van der Waals surface area contributed by atoms with Gasteiger partial charge in [0.25, 0.3) is 5.91 Å². The molecule has 1 saturated heterocycles. The van der Waals surface area contributed by atoms with Crippen LogP contribution in [0.2, 0.25) is 5.02 Å². The Morgan fingerprint density at radius 3 is 2.35 bits per heavy atom. The predicted molar refractivity (Wildman–Crippen MR) is 117 cm³/mol. The van der Waals surface area contributed by atoms with Crippen molar-refractivity contribution in [3.05, 3.63) is 41.2 Å². The Morgan fingerprint density at radius 1 is 1.19 bits per heavy atom. The highest BCUT2D eigenvalue weighted by atomic mass is 35.5. The smallest absolute Gasteiger partial charge is 0.273 e. The molecule has 1 aromatic carbocycles. The first-order chi connectivity index (χ1) is 14.6. The fraction of sp³-hybridized carbons (Fsp3) is 0.450. The molecule has 1 aliphatic rings. The molecule has 0 atom stereocenters. The minimum absolute atomic E-state index is 0.179. The number of sulfonamides is 1. The molecule has 168 valence electrons. The van der Waals surface area contributed by atoms with Crippen molar-refractivity contribution in [2.75, 3.05) is 32.5 Å². The summed E-state index contributed by atoms with van der Waals surface area (Å²) in [6.45, 7) is 2.83. The van der Waals surface area contributed by atoms with Crippen molar-refractivity contribution in [2.45, 2.75) is 31.2 Å². The van der Waals surface area contributed by atoms with Crippen LogP contribution in [-0.4, -0.2) is 66.4 Å². The van der Waals surface area contributed by atoms with Crippen molar-refractivity contribution in [1.29, 1.82) is 0 Å². The minimum atomic E-state index is -3.63. The normalized spacial score (nSPS) is 15.6. The second-order valence-electron chi connectivity index (χ2n) is 7.54. The van der Waals surface area contributed by atoms with E-state index >= 15 is 0 Å². The Morgan fingerprint density at radius 2 is 1.81 bits per heavy atom. The maximum Gasteiger partial charge on any atom is 0.273 e. The number of rotatable bonds is 6. The summed E-state index contributed by atoms with van der Waals surface area (Å²) in [5.41, 5.74) is 0.686. The summed E-state index contributed by atoms with van der Waals surface area (Å²) in [7, 11) is -0.361. The lowest BCUT2D eigenvalue weighted by molar-refractivity contribution is -0.120. The average molecular weight is 468 g/mol. The third-order valence-electron chi connectivity index (χ3n) is 5.28. The van der Waals surface area contributed by atoms with Crippen LogP contribution in [0.3, 0.4) is 0 Å². The zero-order valence-electron chi connectivity index (χ0n) is 17.7. The molecule has 1 N–H and O–H groups in total.